The van der Waals surface area contributed by atoms with E-state index in [1.807, 2.05) is 0 Å². The summed E-state index contributed by atoms with van der Waals surface area (Å²) in [5, 5.41) is 2.57. The predicted octanol–water partition coefficient (Wildman–Crippen LogP) is 2.88. The van der Waals surface area contributed by atoms with Crippen LogP contribution in [0.15, 0.2) is 42.5 Å². The lowest BCUT2D eigenvalue weighted by molar-refractivity contribution is -0.121. The summed E-state index contributed by atoms with van der Waals surface area (Å²) >= 11 is 0. The van der Waals surface area contributed by atoms with E-state index in [0.29, 0.717) is 17.7 Å². The van der Waals surface area contributed by atoms with Crippen molar-refractivity contribution in [2.75, 3.05) is 16.8 Å². The molecule has 0 unspecified atom stereocenters. The van der Waals surface area contributed by atoms with Gasteiger partial charge in [-0.05, 0) is 42.3 Å². The van der Waals surface area contributed by atoms with Crippen molar-refractivity contribution in [3.05, 3.63) is 59.7 Å². The number of hydrogen-bond donors (Lipinski definition) is 1. The third kappa shape index (κ3) is 3.21. The number of anilines is 2. The molecule has 6 heteroatoms. The first-order valence-electron chi connectivity index (χ1n) is 7.18. The number of amides is 2. The van der Waals surface area contributed by atoms with Crippen LogP contribution in [0.5, 0.6) is 0 Å². The van der Waals surface area contributed by atoms with Crippen LogP contribution >= 0.6 is 0 Å². The zero-order valence-electron chi connectivity index (χ0n) is 12.2. The Morgan fingerprint density at radius 1 is 1.09 bits per heavy atom. The van der Waals surface area contributed by atoms with E-state index < -0.39 is 17.5 Å². The molecule has 0 fully saturated rings. The third-order valence-electron chi connectivity index (χ3n) is 3.68. The Kier molecular flexibility index (Phi) is 4.06. The van der Waals surface area contributed by atoms with Gasteiger partial charge in [-0.25, -0.2) is 8.78 Å². The number of carbonyl (C=O) groups excluding carboxylic acids is 2. The van der Waals surface area contributed by atoms with Crippen LogP contribution in [0, 0.1) is 11.6 Å². The first-order valence-corrected chi connectivity index (χ1v) is 7.18. The molecule has 2 aromatic rings. The Balaban J connectivity index is 1.78. The van der Waals surface area contributed by atoms with Gasteiger partial charge in [0.15, 0.2) is 0 Å². The fourth-order valence-corrected chi connectivity index (χ4v) is 2.61. The molecule has 0 spiro atoms. The number of nitrogens with one attached hydrogen (secondary N) is 1. The summed E-state index contributed by atoms with van der Waals surface area (Å²) in [7, 11) is 0. The maximum Gasteiger partial charge on any atom is 0.244 e. The number of benzene rings is 2. The number of nitrogens with zero attached hydrogens (tertiary/aromatic N) is 1. The third-order valence-corrected chi connectivity index (χ3v) is 3.68. The minimum atomic E-state index is -0.523. The summed E-state index contributed by atoms with van der Waals surface area (Å²) in [5.74, 6) is -1.70. The fraction of sp³-hybridized carbons (Fsp3) is 0.176. The van der Waals surface area contributed by atoms with Crippen molar-refractivity contribution in [3.63, 3.8) is 0 Å². The van der Waals surface area contributed by atoms with Crippen molar-refractivity contribution < 1.29 is 18.4 Å². The van der Waals surface area contributed by atoms with Gasteiger partial charge in [-0.3, -0.25) is 14.5 Å². The number of para-hydroxylation sites is 1. The van der Waals surface area contributed by atoms with Gasteiger partial charge in [0.1, 0.15) is 18.2 Å². The minimum absolute atomic E-state index is 0.165. The Hall–Kier alpha value is -2.76. The lowest BCUT2D eigenvalue weighted by atomic mass is 10.0. The first-order chi connectivity index (χ1) is 11.0. The van der Waals surface area contributed by atoms with Crippen molar-refractivity contribution in [2.24, 2.45) is 0 Å². The van der Waals surface area contributed by atoms with E-state index in [9.17, 15) is 18.4 Å². The Bertz CT molecular complexity index is 760. The lowest BCUT2D eigenvalue weighted by Crippen LogP contribution is -2.41. The molecule has 1 aliphatic rings. The van der Waals surface area contributed by atoms with Gasteiger partial charge in [-0.2, -0.15) is 0 Å². The smallest absolute Gasteiger partial charge is 0.244 e. The van der Waals surface area contributed by atoms with Gasteiger partial charge < -0.3 is 5.32 Å². The van der Waals surface area contributed by atoms with Crippen LogP contribution in [0.2, 0.25) is 0 Å². The maximum absolute atomic E-state index is 14.0. The monoisotopic (exact) mass is 316 g/mol. The molecule has 1 heterocycles. The van der Waals surface area contributed by atoms with E-state index in [1.165, 1.54) is 30.3 Å². The molecular weight excluding hydrogens is 302 g/mol. The molecule has 3 rings (SSSR count). The average Bonchev–Trinajstić information content (AvgIpc) is 2.52. The standard InChI is InChI=1S/C17H14F2N2O2/c18-12-5-7-13(8-6-12)20-15(22)10-21-16(23)9-4-11-2-1-3-14(19)17(11)21/h1-3,5-8H,4,9-10H2,(H,20,22). The number of rotatable bonds is 3. The van der Waals surface area contributed by atoms with Crippen molar-refractivity contribution in [3.8, 4) is 0 Å². The van der Waals surface area contributed by atoms with Crippen LogP contribution in [-0.4, -0.2) is 18.4 Å². The van der Waals surface area contributed by atoms with Crippen molar-refractivity contribution in [1.29, 1.82) is 0 Å². The molecule has 0 bridgehead atoms. The molecule has 1 N–H and O–H groups in total. The zero-order valence-corrected chi connectivity index (χ0v) is 12.2. The Morgan fingerprint density at radius 2 is 1.83 bits per heavy atom. The average molecular weight is 316 g/mol. The molecule has 0 saturated heterocycles. The largest absolute Gasteiger partial charge is 0.325 e. The Morgan fingerprint density at radius 3 is 2.57 bits per heavy atom. The molecule has 118 valence electrons. The molecular formula is C17H14F2N2O2. The molecule has 23 heavy (non-hydrogen) atoms. The zero-order chi connectivity index (χ0) is 16.4. The van der Waals surface area contributed by atoms with Crippen molar-refractivity contribution >= 4 is 23.2 Å². The normalized spacial score (nSPS) is 13.7. The molecule has 0 aliphatic carbocycles. The maximum atomic E-state index is 14.0. The fourth-order valence-electron chi connectivity index (χ4n) is 2.61. The summed E-state index contributed by atoms with van der Waals surface area (Å²) in [6, 6.07) is 9.87. The Labute approximate surface area is 131 Å². The summed E-state index contributed by atoms with van der Waals surface area (Å²) in [5.41, 5.74) is 1.28. The van der Waals surface area contributed by atoms with Crippen LogP contribution in [0.1, 0.15) is 12.0 Å². The van der Waals surface area contributed by atoms with E-state index in [-0.39, 0.29) is 24.6 Å². The number of fused-ring (bicyclic) bond motifs is 1. The highest BCUT2D eigenvalue weighted by molar-refractivity contribution is 6.04. The number of halogens is 2. The highest BCUT2D eigenvalue weighted by Gasteiger charge is 2.28. The van der Waals surface area contributed by atoms with E-state index in [1.54, 1.807) is 12.1 Å². The molecule has 1 aliphatic heterocycles. The van der Waals surface area contributed by atoms with Gasteiger partial charge >= 0.3 is 0 Å². The quantitative estimate of drug-likeness (QED) is 0.946. The molecule has 0 saturated carbocycles. The van der Waals surface area contributed by atoms with Crippen molar-refractivity contribution in [1.82, 2.24) is 0 Å². The molecule has 2 aromatic carbocycles. The van der Waals surface area contributed by atoms with Crippen molar-refractivity contribution in [2.45, 2.75) is 12.8 Å². The van der Waals surface area contributed by atoms with E-state index >= 15 is 0 Å². The second kappa shape index (κ2) is 6.16. The number of aryl methyl sites for hydroxylation is 1. The summed E-state index contributed by atoms with van der Waals surface area (Å²) in [6.45, 7) is -0.288. The molecule has 0 atom stereocenters. The van der Waals surface area contributed by atoms with Gasteiger partial charge in [0.25, 0.3) is 0 Å². The topological polar surface area (TPSA) is 49.4 Å². The van der Waals surface area contributed by atoms with Gasteiger partial charge in [0.2, 0.25) is 11.8 Å². The molecule has 0 aromatic heterocycles. The van der Waals surface area contributed by atoms with Crippen LogP contribution in [0.4, 0.5) is 20.2 Å². The van der Waals surface area contributed by atoms with E-state index in [4.69, 9.17) is 0 Å². The first kappa shape index (κ1) is 15.1. The van der Waals surface area contributed by atoms with E-state index in [0.717, 1.165) is 4.90 Å². The number of hydrogen-bond acceptors (Lipinski definition) is 2. The SMILES string of the molecule is O=C(CN1C(=O)CCc2cccc(F)c21)Nc1ccc(F)cc1. The minimum Gasteiger partial charge on any atom is -0.325 e. The highest BCUT2D eigenvalue weighted by atomic mass is 19.1. The second-order valence-electron chi connectivity index (χ2n) is 5.28. The summed E-state index contributed by atoms with van der Waals surface area (Å²) in [6.07, 6.45) is 0.697. The van der Waals surface area contributed by atoms with Crippen LogP contribution < -0.4 is 10.2 Å². The van der Waals surface area contributed by atoms with Gasteiger partial charge in [-0.15, -0.1) is 0 Å². The highest BCUT2D eigenvalue weighted by Crippen LogP contribution is 2.30. The van der Waals surface area contributed by atoms with Crippen LogP contribution in [-0.2, 0) is 16.0 Å². The lowest BCUT2D eigenvalue weighted by Gasteiger charge is -2.29. The van der Waals surface area contributed by atoms with Crippen LogP contribution in [0.3, 0.4) is 0 Å². The number of carbonyl (C=O) groups is 2. The molecule has 4 nitrogen and oxygen atoms in total. The van der Waals surface area contributed by atoms with E-state index in [2.05, 4.69) is 5.32 Å². The van der Waals surface area contributed by atoms with Crippen LogP contribution in [0.25, 0.3) is 0 Å². The predicted molar refractivity (Wildman–Crippen MR) is 82.1 cm³/mol. The second-order valence-corrected chi connectivity index (χ2v) is 5.28. The molecule has 2 amide bonds. The van der Waals surface area contributed by atoms with Gasteiger partial charge in [0.05, 0.1) is 5.69 Å². The van der Waals surface area contributed by atoms with Gasteiger partial charge in [0, 0.05) is 12.1 Å². The molecule has 0 radical (unpaired) electrons. The van der Waals surface area contributed by atoms with Gasteiger partial charge in [-0.1, -0.05) is 12.1 Å². The summed E-state index contributed by atoms with van der Waals surface area (Å²) in [4.78, 5) is 25.3. The summed E-state index contributed by atoms with van der Waals surface area (Å²) < 4.78 is 26.9.